The molecule has 2 N–H and O–H groups in total. The van der Waals surface area contributed by atoms with Gasteiger partial charge in [0.05, 0.1) is 11.3 Å². The second-order valence-corrected chi connectivity index (χ2v) is 9.91. The van der Waals surface area contributed by atoms with Crippen LogP contribution in [0.4, 0.5) is 11.8 Å². The van der Waals surface area contributed by atoms with Gasteiger partial charge in [0, 0.05) is 56.2 Å². The molecule has 0 aliphatic carbocycles. The number of pyridine rings is 1. The summed E-state index contributed by atoms with van der Waals surface area (Å²) in [4.78, 5) is 13.5. The third kappa shape index (κ3) is 4.88. The Labute approximate surface area is 175 Å². The van der Waals surface area contributed by atoms with Crippen molar-refractivity contribution in [2.45, 2.75) is 37.8 Å². The van der Waals surface area contributed by atoms with Crippen molar-refractivity contribution in [3.63, 3.8) is 0 Å². The number of halogens is 1. The number of anilines is 2. The minimum absolute atomic E-state index is 0.115. The van der Waals surface area contributed by atoms with Gasteiger partial charge in [-0.05, 0) is 25.7 Å². The number of nitrogens with zero attached hydrogens (tertiary/aromatic N) is 4. The minimum atomic E-state index is -3.14. The van der Waals surface area contributed by atoms with E-state index in [4.69, 9.17) is 16.3 Å². The largest absolute Gasteiger partial charge is 0.381 e. The van der Waals surface area contributed by atoms with Crippen LogP contribution in [0.1, 0.15) is 25.7 Å². The van der Waals surface area contributed by atoms with E-state index >= 15 is 0 Å². The summed E-state index contributed by atoms with van der Waals surface area (Å²) in [5.41, 5.74) is 0.676. The average Bonchev–Trinajstić information content (AvgIpc) is 2.71. The molecule has 11 heteroatoms. The number of rotatable bonds is 5. The molecule has 2 aromatic rings. The second-order valence-electron chi connectivity index (χ2n) is 7.52. The fourth-order valence-electron chi connectivity index (χ4n) is 3.71. The molecule has 0 spiro atoms. The Balaban J connectivity index is 1.51. The molecule has 2 fully saturated rings. The summed E-state index contributed by atoms with van der Waals surface area (Å²) in [6.45, 7) is 2.45. The molecule has 0 bridgehead atoms. The zero-order valence-corrected chi connectivity index (χ0v) is 17.8. The number of aromatic nitrogens is 3. The average molecular weight is 441 g/mol. The van der Waals surface area contributed by atoms with Crippen LogP contribution in [-0.2, 0) is 14.8 Å². The smallest absolute Gasteiger partial charge is 0.223 e. The molecule has 0 amide bonds. The van der Waals surface area contributed by atoms with Gasteiger partial charge in [-0.15, -0.1) is 0 Å². The van der Waals surface area contributed by atoms with E-state index in [2.05, 4.69) is 25.6 Å². The Kier molecular flexibility index (Phi) is 6.05. The third-order valence-corrected chi connectivity index (χ3v) is 7.00. The molecule has 0 radical (unpaired) electrons. The summed E-state index contributed by atoms with van der Waals surface area (Å²) < 4.78 is 30.3. The van der Waals surface area contributed by atoms with Crippen molar-refractivity contribution in [3.05, 3.63) is 17.4 Å². The van der Waals surface area contributed by atoms with E-state index in [1.165, 1.54) is 10.6 Å². The molecule has 0 atom stereocenters. The fourth-order valence-corrected chi connectivity index (χ4v) is 4.78. The highest BCUT2D eigenvalue weighted by Crippen LogP contribution is 2.28. The number of sulfonamides is 1. The van der Waals surface area contributed by atoms with E-state index in [1.807, 2.05) is 0 Å². The third-order valence-electron chi connectivity index (χ3n) is 5.40. The summed E-state index contributed by atoms with van der Waals surface area (Å²) in [5.74, 6) is 1.18. The molecular weight excluding hydrogens is 416 g/mol. The van der Waals surface area contributed by atoms with Gasteiger partial charge >= 0.3 is 0 Å². The first-order valence-corrected chi connectivity index (χ1v) is 12.0. The van der Waals surface area contributed by atoms with E-state index < -0.39 is 10.0 Å². The van der Waals surface area contributed by atoms with E-state index in [1.54, 1.807) is 12.4 Å². The van der Waals surface area contributed by atoms with Gasteiger partial charge in [-0.3, -0.25) is 0 Å². The molecule has 4 rings (SSSR count). The fraction of sp³-hybridized carbons (Fsp3) is 0.611. The van der Waals surface area contributed by atoms with Crippen LogP contribution in [0.3, 0.4) is 0 Å². The Morgan fingerprint density at radius 3 is 2.45 bits per heavy atom. The monoisotopic (exact) mass is 440 g/mol. The SMILES string of the molecule is CS(=O)(=O)N1CCC(Nc2ncc3c(Cl)cnc(NC4CCOCC4)c3n2)CC1. The molecule has 29 heavy (non-hydrogen) atoms. The lowest BCUT2D eigenvalue weighted by Crippen LogP contribution is -2.42. The maximum Gasteiger partial charge on any atom is 0.223 e. The van der Waals surface area contributed by atoms with Gasteiger partial charge in [0.2, 0.25) is 16.0 Å². The van der Waals surface area contributed by atoms with E-state index in [0.29, 0.717) is 48.2 Å². The Hall–Kier alpha value is -1.75. The van der Waals surface area contributed by atoms with Gasteiger partial charge in [0.15, 0.2) is 5.82 Å². The van der Waals surface area contributed by atoms with Crippen molar-refractivity contribution in [1.29, 1.82) is 0 Å². The molecule has 2 aromatic heterocycles. The van der Waals surface area contributed by atoms with Crippen LogP contribution in [0, 0.1) is 0 Å². The normalized spacial score (nSPS) is 20.1. The molecular formula is C18H25ClN6O3S. The van der Waals surface area contributed by atoms with Crippen LogP contribution in [-0.4, -0.2) is 72.3 Å². The predicted molar refractivity (Wildman–Crippen MR) is 113 cm³/mol. The van der Waals surface area contributed by atoms with Crippen LogP contribution >= 0.6 is 11.6 Å². The Morgan fingerprint density at radius 1 is 1.07 bits per heavy atom. The van der Waals surface area contributed by atoms with Crippen LogP contribution < -0.4 is 10.6 Å². The predicted octanol–water partition coefficient (Wildman–Crippen LogP) is 2.10. The lowest BCUT2D eigenvalue weighted by molar-refractivity contribution is 0.0904. The summed E-state index contributed by atoms with van der Waals surface area (Å²) in [6, 6.07) is 0.400. The zero-order valence-electron chi connectivity index (χ0n) is 16.3. The Bertz CT molecular complexity index is 975. The van der Waals surface area contributed by atoms with Crippen molar-refractivity contribution in [2.75, 3.05) is 43.2 Å². The first kappa shape index (κ1) is 20.5. The van der Waals surface area contributed by atoms with Crippen molar-refractivity contribution in [2.24, 2.45) is 0 Å². The van der Waals surface area contributed by atoms with Gasteiger partial charge in [-0.25, -0.2) is 27.7 Å². The van der Waals surface area contributed by atoms with E-state index in [-0.39, 0.29) is 12.1 Å². The highest BCUT2D eigenvalue weighted by molar-refractivity contribution is 7.88. The van der Waals surface area contributed by atoms with Crippen LogP contribution in [0.25, 0.3) is 10.9 Å². The van der Waals surface area contributed by atoms with Crippen molar-refractivity contribution in [1.82, 2.24) is 19.3 Å². The van der Waals surface area contributed by atoms with Crippen molar-refractivity contribution < 1.29 is 13.2 Å². The van der Waals surface area contributed by atoms with E-state index in [9.17, 15) is 8.42 Å². The van der Waals surface area contributed by atoms with Crippen LogP contribution in [0.2, 0.25) is 5.02 Å². The van der Waals surface area contributed by atoms with Crippen LogP contribution in [0.15, 0.2) is 12.4 Å². The van der Waals surface area contributed by atoms with Crippen LogP contribution in [0.5, 0.6) is 0 Å². The first-order chi connectivity index (χ1) is 13.9. The van der Waals surface area contributed by atoms with Crippen molar-refractivity contribution >= 4 is 44.3 Å². The maximum atomic E-state index is 11.7. The lowest BCUT2D eigenvalue weighted by atomic mass is 10.1. The van der Waals surface area contributed by atoms with Gasteiger partial charge < -0.3 is 15.4 Å². The maximum absolute atomic E-state index is 11.7. The summed E-state index contributed by atoms with van der Waals surface area (Å²) in [7, 11) is -3.14. The second kappa shape index (κ2) is 8.55. The highest BCUT2D eigenvalue weighted by Gasteiger charge is 2.25. The summed E-state index contributed by atoms with van der Waals surface area (Å²) >= 11 is 6.30. The number of hydrogen-bond acceptors (Lipinski definition) is 8. The number of hydrogen-bond donors (Lipinski definition) is 2. The summed E-state index contributed by atoms with van der Waals surface area (Å²) in [5, 5.41) is 8.05. The first-order valence-electron chi connectivity index (χ1n) is 9.77. The highest BCUT2D eigenvalue weighted by atomic mass is 35.5. The molecule has 158 valence electrons. The molecule has 9 nitrogen and oxygen atoms in total. The van der Waals surface area contributed by atoms with Gasteiger partial charge in [-0.1, -0.05) is 11.6 Å². The number of fused-ring (bicyclic) bond motifs is 1. The van der Waals surface area contributed by atoms with Gasteiger partial charge in [-0.2, -0.15) is 0 Å². The molecule has 2 saturated heterocycles. The zero-order chi connectivity index (χ0) is 20.4. The lowest BCUT2D eigenvalue weighted by Gasteiger charge is -2.30. The van der Waals surface area contributed by atoms with E-state index in [0.717, 1.165) is 31.4 Å². The quantitative estimate of drug-likeness (QED) is 0.727. The van der Waals surface area contributed by atoms with Crippen molar-refractivity contribution in [3.8, 4) is 0 Å². The summed E-state index contributed by atoms with van der Waals surface area (Å²) in [6.07, 6.45) is 7.81. The van der Waals surface area contributed by atoms with Gasteiger partial charge in [0.1, 0.15) is 5.52 Å². The molecule has 0 aromatic carbocycles. The topological polar surface area (TPSA) is 109 Å². The minimum Gasteiger partial charge on any atom is -0.381 e. The molecule has 4 heterocycles. The standard InChI is InChI=1S/C18H25ClN6O3S/c1-29(26,27)25-6-2-12(3-7-25)23-18-21-10-14-15(19)11-20-17(16(14)24-18)22-13-4-8-28-9-5-13/h10-13H,2-9H2,1H3,(H,20,22)(H,21,23,24). The molecule has 2 aliphatic heterocycles. The molecule has 0 unspecified atom stereocenters. The number of piperidine rings is 1. The number of nitrogens with one attached hydrogen (secondary N) is 2. The molecule has 0 saturated carbocycles. The number of ether oxygens (including phenoxy) is 1. The van der Waals surface area contributed by atoms with Gasteiger partial charge in [0.25, 0.3) is 0 Å². The molecule has 2 aliphatic rings. The Morgan fingerprint density at radius 2 is 1.76 bits per heavy atom.